The van der Waals surface area contributed by atoms with Gasteiger partial charge in [0.15, 0.2) is 12.1 Å². The Hall–Kier alpha value is -3.01. The van der Waals surface area contributed by atoms with Crippen LogP contribution in [0.15, 0.2) is 66.3 Å². The summed E-state index contributed by atoms with van der Waals surface area (Å²) in [7, 11) is 0. The molecular weight excluding hydrogens is 558 g/mol. The van der Waals surface area contributed by atoms with Crippen molar-refractivity contribution >= 4 is 11.5 Å². The molecule has 1 aliphatic heterocycles. The van der Waals surface area contributed by atoms with E-state index < -0.39 is 47.6 Å². The molecule has 2 aromatic rings. The summed E-state index contributed by atoms with van der Waals surface area (Å²) >= 11 is 0. The molecule has 0 bridgehead atoms. The first-order valence-corrected chi connectivity index (χ1v) is 15.8. The van der Waals surface area contributed by atoms with Gasteiger partial charge < -0.3 is 35.3 Å². The zero-order chi connectivity index (χ0) is 31.0. The van der Waals surface area contributed by atoms with Crippen LogP contribution >= 0.6 is 0 Å². The number of carbonyl (C=O) groups is 1. The second-order valence-electron chi connectivity index (χ2n) is 14.1. The number of allylic oxidation sites excluding steroid dienone is 4. The van der Waals surface area contributed by atoms with Gasteiger partial charge in [0.05, 0.1) is 18.8 Å². The third-order valence-corrected chi connectivity index (χ3v) is 11.7. The maximum absolute atomic E-state index is 12.2. The summed E-state index contributed by atoms with van der Waals surface area (Å²) in [6.45, 7) is 6.11. The summed E-state index contributed by atoms with van der Waals surface area (Å²) in [5.74, 6) is 0.867. The number of hydrogen-bond acceptors (Lipinski definition) is 8. The van der Waals surface area contributed by atoms with Crippen molar-refractivity contribution in [1.82, 2.24) is 0 Å². The zero-order valence-corrected chi connectivity index (χ0v) is 25.6. The average Bonchev–Trinajstić information content (AvgIpc) is 3.49. The van der Waals surface area contributed by atoms with Crippen molar-refractivity contribution in [1.29, 1.82) is 0 Å². The first kappa shape index (κ1) is 29.7. The largest absolute Gasteiger partial charge is 0.489 e. The predicted molar refractivity (Wildman–Crippen MR) is 164 cm³/mol. The second kappa shape index (κ2) is 10.5. The fourth-order valence-electron chi connectivity index (χ4n) is 9.85. The molecule has 0 spiro atoms. The smallest absolute Gasteiger partial charge is 0.185 e. The summed E-state index contributed by atoms with van der Waals surface area (Å²) in [6, 6.07) is 13.4. The number of ether oxygens (including phenoxy) is 3. The molecule has 4 unspecified atom stereocenters. The van der Waals surface area contributed by atoms with Crippen LogP contribution in [0.25, 0.3) is 0 Å². The van der Waals surface area contributed by atoms with Crippen molar-refractivity contribution < 1.29 is 34.3 Å². The SMILES string of the molecule is Cc1cc(OCc2cccc(N)c2)cc([C@H]2O[C@@H]3CC4[C@@H]5CCC6=CC(=O)C=C[C@]6(C)C5C(O)C[C@]4(C)[C@]3(C(O)CO)O2)c1. The number of benzene rings is 2. The van der Waals surface area contributed by atoms with E-state index in [1.807, 2.05) is 55.5 Å². The van der Waals surface area contributed by atoms with Crippen molar-refractivity contribution in [2.24, 2.45) is 28.6 Å². The fraction of sp³-hybridized carbons (Fsp3) is 0.528. The normalized spacial score (nSPS) is 39.6. The minimum Gasteiger partial charge on any atom is -0.489 e. The van der Waals surface area contributed by atoms with Gasteiger partial charge in [0.25, 0.3) is 0 Å². The molecule has 5 N–H and O–H groups in total. The topological polar surface area (TPSA) is 131 Å². The van der Waals surface area contributed by atoms with E-state index in [4.69, 9.17) is 19.9 Å². The minimum absolute atomic E-state index is 0.00814. The monoisotopic (exact) mass is 601 g/mol. The number of nitrogens with two attached hydrogens (primary N) is 1. The van der Waals surface area contributed by atoms with E-state index in [2.05, 4.69) is 13.8 Å². The number of aliphatic hydroxyl groups excluding tert-OH is 3. The molecule has 1 saturated heterocycles. The summed E-state index contributed by atoms with van der Waals surface area (Å²) < 4.78 is 19.7. The lowest BCUT2D eigenvalue weighted by Gasteiger charge is -2.60. The highest BCUT2D eigenvalue weighted by Gasteiger charge is 2.75. The highest BCUT2D eigenvalue weighted by atomic mass is 16.7. The number of nitrogen functional groups attached to an aromatic ring is 1. The Balaban J connectivity index is 1.19. The number of rotatable bonds is 6. The number of ketones is 1. The van der Waals surface area contributed by atoms with Crippen molar-refractivity contribution in [2.75, 3.05) is 12.3 Å². The molecular formula is C36H43NO7. The summed E-state index contributed by atoms with van der Waals surface area (Å²) in [4.78, 5) is 12.2. The molecule has 8 nitrogen and oxygen atoms in total. The van der Waals surface area contributed by atoms with Gasteiger partial charge in [-0.05, 0) is 92.0 Å². The molecule has 3 saturated carbocycles. The molecule has 4 fully saturated rings. The van der Waals surface area contributed by atoms with Crippen LogP contribution in [0.3, 0.4) is 0 Å². The third kappa shape index (κ3) is 4.33. The summed E-state index contributed by atoms with van der Waals surface area (Å²) in [5, 5.41) is 33.8. The second-order valence-corrected chi connectivity index (χ2v) is 14.1. The Morgan fingerprint density at radius 1 is 1.18 bits per heavy atom. The van der Waals surface area contributed by atoms with Crippen LogP contribution in [-0.4, -0.2) is 51.6 Å². The molecule has 0 radical (unpaired) electrons. The lowest BCUT2D eigenvalue weighted by molar-refractivity contribution is -0.231. The van der Waals surface area contributed by atoms with Crippen LogP contribution in [0.2, 0.25) is 0 Å². The van der Waals surface area contributed by atoms with Crippen molar-refractivity contribution in [3.05, 3.63) is 83.0 Å². The van der Waals surface area contributed by atoms with E-state index in [9.17, 15) is 20.1 Å². The Morgan fingerprint density at radius 2 is 2.00 bits per heavy atom. The Kier molecular flexibility index (Phi) is 7.10. The van der Waals surface area contributed by atoms with Gasteiger partial charge in [0.1, 0.15) is 24.1 Å². The van der Waals surface area contributed by atoms with Gasteiger partial charge in [-0.15, -0.1) is 0 Å². The van der Waals surface area contributed by atoms with Crippen LogP contribution in [0.5, 0.6) is 5.75 Å². The first-order valence-electron chi connectivity index (χ1n) is 15.8. The van der Waals surface area contributed by atoms with E-state index >= 15 is 0 Å². The predicted octanol–water partition coefficient (Wildman–Crippen LogP) is 4.55. The quantitative estimate of drug-likeness (QED) is 0.355. The molecule has 8 heteroatoms. The first-order chi connectivity index (χ1) is 21.0. The lowest BCUT2D eigenvalue weighted by Crippen LogP contribution is -2.64. The third-order valence-electron chi connectivity index (χ3n) is 11.7. The molecule has 0 aromatic heterocycles. The molecule has 1 heterocycles. The molecule has 234 valence electrons. The number of aryl methyl sites for hydroxylation is 1. The van der Waals surface area contributed by atoms with Crippen LogP contribution in [0.4, 0.5) is 5.69 Å². The number of fused-ring (bicyclic) bond motifs is 7. The molecule has 7 rings (SSSR count). The number of carbonyl (C=O) groups excluding carboxylic acids is 1. The van der Waals surface area contributed by atoms with E-state index in [1.165, 1.54) is 0 Å². The highest BCUT2D eigenvalue weighted by Crippen LogP contribution is 2.71. The van der Waals surface area contributed by atoms with E-state index in [-0.39, 0.29) is 23.5 Å². The molecule has 2 aromatic carbocycles. The van der Waals surface area contributed by atoms with Crippen LogP contribution in [0.1, 0.15) is 62.5 Å². The van der Waals surface area contributed by atoms with Crippen LogP contribution in [0, 0.1) is 35.5 Å². The highest BCUT2D eigenvalue weighted by molar-refractivity contribution is 6.01. The van der Waals surface area contributed by atoms with Crippen molar-refractivity contribution in [3.8, 4) is 5.75 Å². The fourth-order valence-corrected chi connectivity index (χ4v) is 9.85. The minimum atomic E-state index is -1.20. The molecule has 0 amide bonds. The number of aliphatic hydroxyl groups is 3. The van der Waals surface area contributed by atoms with E-state index in [0.29, 0.717) is 30.9 Å². The standard InChI is InChI=1S/C36H43NO7/c1-20-11-22(14-26(12-20)42-19-21-5-4-6-24(37)13-21)33-43-31-16-28-27-8-7-23-15-25(39)9-10-34(23,2)32(27)29(40)17-35(28,3)36(31,44-33)30(41)18-38/h4-6,9-15,27-33,38,40-41H,7-8,16-19,37H2,1-3H3/t27-,28?,29?,30?,31+,32?,33-,34-,35-,36+/m0/s1. The van der Waals surface area contributed by atoms with Gasteiger partial charge in [-0.25, -0.2) is 0 Å². The van der Waals surface area contributed by atoms with Gasteiger partial charge in [0.2, 0.25) is 0 Å². The van der Waals surface area contributed by atoms with Crippen LogP contribution < -0.4 is 10.5 Å². The van der Waals surface area contributed by atoms with Crippen molar-refractivity contribution in [3.63, 3.8) is 0 Å². The average molecular weight is 602 g/mol. The Morgan fingerprint density at radius 3 is 2.77 bits per heavy atom. The summed E-state index contributed by atoms with van der Waals surface area (Å²) in [5.41, 5.74) is 8.17. The van der Waals surface area contributed by atoms with Crippen molar-refractivity contribution in [2.45, 2.75) is 83.3 Å². The number of hydrogen-bond donors (Lipinski definition) is 4. The maximum atomic E-state index is 12.2. The lowest BCUT2D eigenvalue weighted by atomic mass is 9.46. The van der Waals surface area contributed by atoms with Gasteiger partial charge in [0, 0.05) is 28.0 Å². The molecule has 44 heavy (non-hydrogen) atoms. The van der Waals surface area contributed by atoms with Gasteiger partial charge in [-0.3, -0.25) is 4.79 Å². The molecule has 5 aliphatic rings. The number of anilines is 1. The Bertz CT molecular complexity index is 1540. The molecule has 10 atom stereocenters. The van der Waals surface area contributed by atoms with Gasteiger partial charge in [-0.2, -0.15) is 0 Å². The Labute approximate surface area is 258 Å². The molecule has 4 aliphatic carbocycles. The van der Waals surface area contributed by atoms with E-state index in [0.717, 1.165) is 35.1 Å². The van der Waals surface area contributed by atoms with Gasteiger partial charge in [-0.1, -0.05) is 43.7 Å². The zero-order valence-electron chi connectivity index (χ0n) is 25.6. The van der Waals surface area contributed by atoms with E-state index in [1.54, 1.807) is 12.2 Å². The summed E-state index contributed by atoms with van der Waals surface area (Å²) in [6.07, 6.45) is 4.96. The maximum Gasteiger partial charge on any atom is 0.185 e. The van der Waals surface area contributed by atoms with Crippen LogP contribution in [-0.2, 0) is 20.9 Å². The van der Waals surface area contributed by atoms with Gasteiger partial charge >= 0.3 is 0 Å².